The first-order valence-corrected chi connectivity index (χ1v) is 6.54. The number of carboxylic acid groups (broad SMARTS) is 2. The summed E-state index contributed by atoms with van der Waals surface area (Å²) in [6, 6.07) is 3.16. The number of aliphatic carboxylic acids is 2. The molecule has 0 unspecified atom stereocenters. The van der Waals surface area contributed by atoms with Gasteiger partial charge in [0, 0.05) is 24.2 Å². The van der Waals surface area contributed by atoms with E-state index < -0.39 is 25.0 Å². The van der Waals surface area contributed by atoms with E-state index in [1.54, 1.807) is 12.1 Å². The van der Waals surface area contributed by atoms with Crippen molar-refractivity contribution in [3.63, 3.8) is 0 Å². The zero-order chi connectivity index (χ0) is 16.9. The molecule has 0 saturated carbocycles. The Hall–Kier alpha value is -2.32. The van der Waals surface area contributed by atoms with E-state index in [1.165, 1.54) is 0 Å². The quantitative estimate of drug-likeness (QED) is 0.500. The van der Waals surface area contributed by atoms with E-state index >= 15 is 0 Å². The van der Waals surface area contributed by atoms with Crippen molar-refractivity contribution in [2.75, 3.05) is 27.2 Å². The van der Waals surface area contributed by atoms with Gasteiger partial charge in [-0.15, -0.1) is 0 Å². The maximum atomic E-state index is 10.8. The molecule has 0 aliphatic rings. The molecule has 4 N–H and O–H groups in total. The highest BCUT2D eigenvalue weighted by Gasteiger charge is 2.18. The Balaban J connectivity index is 2.97. The van der Waals surface area contributed by atoms with E-state index in [0.29, 0.717) is 12.1 Å². The highest BCUT2D eigenvalue weighted by atomic mass is 16.4. The lowest BCUT2D eigenvalue weighted by atomic mass is 10.1. The molecule has 8 heteroatoms. The SMILES string of the molecule is CN(C)Cc1ccc(CN(CC(=O)O)CC(=O)O)c(O)c1O. The lowest BCUT2D eigenvalue weighted by Crippen LogP contribution is -2.34. The van der Waals surface area contributed by atoms with Crippen molar-refractivity contribution in [2.45, 2.75) is 13.1 Å². The summed E-state index contributed by atoms with van der Waals surface area (Å²) in [6.07, 6.45) is 0. The van der Waals surface area contributed by atoms with Gasteiger partial charge in [0.2, 0.25) is 0 Å². The molecule has 22 heavy (non-hydrogen) atoms. The van der Waals surface area contributed by atoms with Crippen molar-refractivity contribution in [2.24, 2.45) is 0 Å². The number of nitrogens with zero attached hydrogens (tertiary/aromatic N) is 2. The fourth-order valence-corrected chi connectivity index (χ4v) is 2.05. The van der Waals surface area contributed by atoms with Crippen molar-refractivity contribution in [3.05, 3.63) is 23.3 Å². The molecule has 0 spiro atoms. The molecule has 8 nitrogen and oxygen atoms in total. The van der Waals surface area contributed by atoms with Crippen LogP contribution in [0.15, 0.2) is 12.1 Å². The van der Waals surface area contributed by atoms with Gasteiger partial charge in [-0.3, -0.25) is 14.5 Å². The molecule has 0 saturated heterocycles. The molecule has 0 bridgehead atoms. The highest BCUT2D eigenvalue weighted by Crippen LogP contribution is 2.33. The van der Waals surface area contributed by atoms with Crippen molar-refractivity contribution in [1.82, 2.24) is 9.80 Å². The highest BCUT2D eigenvalue weighted by molar-refractivity contribution is 5.72. The van der Waals surface area contributed by atoms with Crippen LogP contribution in [0.5, 0.6) is 11.5 Å². The Morgan fingerprint density at radius 1 is 0.909 bits per heavy atom. The van der Waals surface area contributed by atoms with Gasteiger partial charge < -0.3 is 25.3 Å². The Morgan fingerprint density at radius 3 is 1.68 bits per heavy atom. The normalized spacial score (nSPS) is 11.1. The molecule has 0 heterocycles. The van der Waals surface area contributed by atoms with Crippen LogP contribution in [0.2, 0.25) is 0 Å². The molecule has 0 amide bonds. The minimum absolute atomic E-state index is 0.0970. The predicted octanol–water partition coefficient (Wildman–Crippen LogP) is 0.131. The smallest absolute Gasteiger partial charge is 0.317 e. The van der Waals surface area contributed by atoms with Crippen LogP contribution in [0.1, 0.15) is 11.1 Å². The zero-order valence-corrected chi connectivity index (χ0v) is 12.5. The van der Waals surface area contributed by atoms with Crippen molar-refractivity contribution >= 4 is 11.9 Å². The number of carbonyl (C=O) groups is 2. The summed E-state index contributed by atoms with van der Waals surface area (Å²) in [6.45, 7) is -0.633. The lowest BCUT2D eigenvalue weighted by molar-refractivity contribution is -0.142. The second-order valence-electron chi connectivity index (χ2n) is 5.25. The maximum Gasteiger partial charge on any atom is 0.317 e. The van der Waals surface area contributed by atoms with Gasteiger partial charge in [0.1, 0.15) is 0 Å². The Bertz CT molecular complexity index is 543. The van der Waals surface area contributed by atoms with Crippen LogP contribution >= 0.6 is 0 Å². The Morgan fingerprint density at radius 2 is 1.32 bits per heavy atom. The summed E-state index contributed by atoms with van der Waals surface area (Å²) < 4.78 is 0. The predicted molar refractivity (Wildman–Crippen MR) is 77.7 cm³/mol. The monoisotopic (exact) mass is 312 g/mol. The van der Waals surface area contributed by atoms with Gasteiger partial charge in [-0.2, -0.15) is 0 Å². The molecule has 122 valence electrons. The summed E-state index contributed by atoms with van der Waals surface area (Å²) in [5, 5.41) is 37.6. The minimum Gasteiger partial charge on any atom is -0.504 e. The van der Waals surface area contributed by atoms with E-state index in [-0.39, 0.29) is 23.6 Å². The fraction of sp³-hybridized carbons (Fsp3) is 0.429. The Kier molecular flexibility index (Phi) is 6.14. The molecular formula is C14H20N2O6. The third kappa shape index (κ3) is 5.23. The van der Waals surface area contributed by atoms with Crippen LogP contribution in [0, 0.1) is 0 Å². The molecule has 0 fully saturated rings. The van der Waals surface area contributed by atoms with Crippen LogP contribution in [0.4, 0.5) is 0 Å². The van der Waals surface area contributed by atoms with E-state index in [9.17, 15) is 19.8 Å². The number of hydrogen-bond acceptors (Lipinski definition) is 6. The van der Waals surface area contributed by atoms with Crippen LogP contribution < -0.4 is 0 Å². The molecular weight excluding hydrogens is 292 g/mol. The van der Waals surface area contributed by atoms with Crippen LogP contribution in [-0.2, 0) is 22.7 Å². The number of aromatic hydroxyl groups is 2. The van der Waals surface area contributed by atoms with Crippen LogP contribution in [0.3, 0.4) is 0 Å². The molecule has 0 aliphatic carbocycles. The van der Waals surface area contributed by atoms with Crippen molar-refractivity contribution in [3.8, 4) is 11.5 Å². The number of hydrogen-bond donors (Lipinski definition) is 4. The number of rotatable bonds is 8. The van der Waals surface area contributed by atoms with Gasteiger partial charge in [-0.1, -0.05) is 12.1 Å². The van der Waals surface area contributed by atoms with Crippen LogP contribution in [0.25, 0.3) is 0 Å². The summed E-state index contributed by atoms with van der Waals surface area (Å²) >= 11 is 0. The zero-order valence-electron chi connectivity index (χ0n) is 12.5. The summed E-state index contributed by atoms with van der Waals surface area (Å²) in [4.78, 5) is 24.5. The second-order valence-corrected chi connectivity index (χ2v) is 5.25. The fourth-order valence-electron chi connectivity index (χ4n) is 2.05. The summed E-state index contributed by atoms with van der Waals surface area (Å²) in [5.74, 6) is -2.99. The van der Waals surface area contributed by atoms with Gasteiger partial charge >= 0.3 is 11.9 Å². The van der Waals surface area contributed by atoms with Gasteiger partial charge in [0.05, 0.1) is 13.1 Å². The van der Waals surface area contributed by atoms with Crippen molar-refractivity contribution < 1.29 is 30.0 Å². The van der Waals surface area contributed by atoms with E-state index in [1.807, 2.05) is 19.0 Å². The lowest BCUT2D eigenvalue weighted by Gasteiger charge is -2.20. The maximum absolute atomic E-state index is 10.8. The molecule has 1 aromatic carbocycles. The van der Waals surface area contributed by atoms with Crippen molar-refractivity contribution in [1.29, 1.82) is 0 Å². The van der Waals surface area contributed by atoms with Gasteiger partial charge in [0.25, 0.3) is 0 Å². The standard InChI is InChI=1S/C14H20N2O6/c1-15(2)5-9-3-4-10(14(22)13(9)21)6-16(7-11(17)18)8-12(19)20/h3-4,21-22H,5-8H2,1-2H3,(H,17,18)(H,19,20). The molecule has 1 aromatic rings. The van der Waals surface area contributed by atoms with Crippen LogP contribution in [-0.4, -0.2) is 69.3 Å². The third-order valence-corrected chi connectivity index (χ3v) is 2.92. The first-order valence-electron chi connectivity index (χ1n) is 6.54. The number of phenolic OH excluding ortho intramolecular Hbond substituents is 2. The van der Waals surface area contributed by atoms with E-state index in [4.69, 9.17) is 10.2 Å². The van der Waals surface area contributed by atoms with Gasteiger partial charge in [-0.25, -0.2) is 0 Å². The molecule has 0 aliphatic heterocycles. The summed E-state index contributed by atoms with van der Waals surface area (Å²) in [5.41, 5.74) is 0.789. The molecule has 0 atom stereocenters. The topological polar surface area (TPSA) is 122 Å². The van der Waals surface area contributed by atoms with Gasteiger partial charge in [0.15, 0.2) is 11.5 Å². The third-order valence-electron chi connectivity index (χ3n) is 2.92. The molecule has 0 radical (unpaired) electrons. The Labute approximate surface area is 127 Å². The largest absolute Gasteiger partial charge is 0.504 e. The first-order chi connectivity index (χ1) is 10.2. The molecule has 0 aromatic heterocycles. The average molecular weight is 312 g/mol. The number of benzene rings is 1. The average Bonchev–Trinajstić information content (AvgIpc) is 2.36. The number of carboxylic acids is 2. The number of phenols is 2. The van der Waals surface area contributed by atoms with E-state index in [2.05, 4.69) is 0 Å². The minimum atomic E-state index is -1.17. The summed E-state index contributed by atoms with van der Waals surface area (Å²) in [7, 11) is 3.62. The molecule has 1 rings (SSSR count). The van der Waals surface area contributed by atoms with E-state index in [0.717, 1.165) is 4.90 Å². The first kappa shape index (κ1) is 17.7. The van der Waals surface area contributed by atoms with Gasteiger partial charge in [-0.05, 0) is 14.1 Å². The second kappa shape index (κ2) is 7.62.